The molecule has 0 saturated heterocycles. The summed E-state index contributed by atoms with van der Waals surface area (Å²) in [5.41, 5.74) is 3.61. The van der Waals surface area contributed by atoms with Crippen LogP contribution < -0.4 is 0 Å². The third-order valence-corrected chi connectivity index (χ3v) is 6.14. The summed E-state index contributed by atoms with van der Waals surface area (Å²) in [7, 11) is 0. The van der Waals surface area contributed by atoms with Crippen LogP contribution in [-0.4, -0.2) is 26.4 Å². The van der Waals surface area contributed by atoms with E-state index in [1.54, 1.807) is 18.6 Å². The van der Waals surface area contributed by atoms with Crippen LogP contribution >= 0.6 is 0 Å². The van der Waals surface area contributed by atoms with E-state index in [0.29, 0.717) is 17.7 Å². The molecular weight excluding hydrogens is 410 g/mol. The van der Waals surface area contributed by atoms with Gasteiger partial charge < -0.3 is 9.30 Å². The first-order chi connectivity index (χ1) is 16.0. The van der Waals surface area contributed by atoms with Crippen molar-refractivity contribution in [2.24, 2.45) is 5.41 Å². The maximum Gasteiger partial charge on any atom is 0.142 e. The zero-order chi connectivity index (χ0) is 23.5. The standard InChI is InChI=1S/C27H39N5O/c1-27(2,3)14-11-9-7-5-4-6-8-10-12-16-33-21-32-15-13-24-25(23-19-30-31-20-23)22(17-28)18-29-26(24)32/h13,15,18-20H,4-12,14,16,21H2,1-3H3,(H,30,31). The topological polar surface area (TPSA) is 79.5 Å². The number of hydrogen-bond acceptors (Lipinski definition) is 4. The average molecular weight is 450 g/mol. The minimum atomic E-state index is 0.474. The normalized spacial score (nSPS) is 11.8. The van der Waals surface area contributed by atoms with Crippen molar-refractivity contribution < 1.29 is 4.74 Å². The maximum absolute atomic E-state index is 9.48. The lowest BCUT2D eigenvalue weighted by Gasteiger charge is -2.17. The van der Waals surface area contributed by atoms with Crippen LogP contribution in [0.2, 0.25) is 0 Å². The first kappa shape index (κ1) is 25.0. The second kappa shape index (κ2) is 12.6. The van der Waals surface area contributed by atoms with Crippen LogP contribution in [0.1, 0.15) is 90.5 Å². The van der Waals surface area contributed by atoms with Gasteiger partial charge in [0.15, 0.2) is 0 Å². The van der Waals surface area contributed by atoms with E-state index >= 15 is 0 Å². The molecule has 3 aromatic heterocycles. The lowest BCUT2D eigenvalue weighted by atomic mass is 9.89. The van der Waals surface area contributed by atoms with Gasteiger partial charge in [0.2, 0.25) is 0 Å². The fourth-order valence-corrected chi connectivity index (χ4v) is 4.29. The van der Waals surface area contributed by atoms with Gasteiger partial charge in [-0.3, -0.25) is 5.10 Å². The summed E-state index contributed by atoms with van der Waals surface area (Å²) < 4.78 is 7.91. The van der Waals surface area contributed by atoms with Gasteiger partial charge in [0, 0.05) is 41.7 Å². The number of fused-ring (bicyclic) bond motifs is 1. The number of ether oxygens (including phenoxy) is 1. The molecule has 0 aliphatic carbocycles. The highest BCUT2D eigenvalue weighted by molar-refractivity contribution is 5.95. The SMILES string of the molecule is CC(C)(C)CCCCCCCCCCCOCn1ccc2c(-c3cn[nH]c3)c(C#N)cnc21. The van der Waals surface area contributed by atoms with Crippen molar-refractivity contribution in [1.29, 1.82) is 5.26 Å². The van der Waals surface area contributed by atoms with E-state index < -0.39 is 0 Å². The number of aromatic amines is 1. The lowest BCUT2D eigenvalue weighted by Crippen LogP contribution is -2.04. The molecule has 0 saturated carbocycles. The largest absolute Gasteiger partial charge is 0.361 e. The van der Waals surface area contributed by atoms with Crippen molar-refractivity contribution in [1.82, 2.24) is 19.7 Å². The second-order valence-electron chi connectivity index (χ2n) is 10.2. The first-order valence-electron chi connectivity index (χ1n) is 12.4. The molecular formula is C27H39N5O. The number of H-pyrrole nitrogens is 1. The molecule has 6 nitrogen and oxygen atoms in total. The summed E-state index contributed by atoms with van der Waals surface area (Å²) in [5, 5.41) is 17.3. The molecule has 0 aromatic carbocycles. The Bertz CT molecular complexity index is 1010. The monoisotopic (exact) mass is 449 g/mol. The van der Waals surface area contributed by atoms with Crippen LogP contribution in [0.25, 0.3) is 22.2 Å². The predicted molar refractivity (Wildman–Crippen MR) is 134 cm³/mol. The highest BCUT2D eigenvalue weighted by Gasteiger charge is 2.14. The van der Waals surface area contributed by atoms with E-state index in [4.69, 9.17) is 4.74 Å². The Kier molecular flexibility index (Phi) is 9.50. The minimum Gasteiger partial charge on any atom is -0.361 e. The molecule has 0 bridgehead atoms. The van der Waals surface area contributed by atoms with Crippen LogP contribution in [0.5, 0.6) is 0 Å². The molecule has 6 heteroatoms. The van der Waals surface area contributed by atoms with Crippen LogP contribution in [0.4, 0.5) is 0 Å². The predicted octanol–water partition coefficient (Wildman–Crippen LogP) is 7.22. The summed E-state index contributed by atoms with van der Waals surface area (Å²) >= 11 is 0. The summed E-state index contributed by atoms with van der Waals surface area (Å²) in [6.07, 6.45) is 20.3. The zero-order valence-electron chi connectivity index (χ0n) is 20.6. The molecule has 1 N–H and O–H groups in total. The molecule has 0 radical (unpaired) electrons. The van der Waals surface area contributed by atoms with E-state index in [0.717, 1.165) is 35.2 Å². The summed E-state index contributed by atoms with van der Waals surface area (Å²) in [6.45, 7) is 8.23. The van der Waals surface area contributed by atoms with Crippen molar-refractivity contribution in [2.75, 3.05) is 6.61 Å². The average Bonchev–Trinajstić information content (AvgIpc) is 3.46. The highest BCUT2D eigenvalue weighted by Crippen LogP contribution is 2.30. The highest BCUT2D eigenvalue weighted by atomic mass is 16.5. The van der Waals surface area contributed by atoms with E-state index in [9.17, 15) is 5.26 Å². The van der Waals surface area contributed by atoms with Gasteiger partial charge in [-0.2, -0.15) is 10.4 Å². The van der Waals surface area contributed by atoms with E-state index in [2.05, 4.69) is 42.0 Å². The Morgan fingerprint density at radius 3 is 2.33 bits per heavy atom. The smallest absolute Gasteiger partial charge is 0.142 e. The lowest BCUT2D eigenvalue weighted by molar-refractivity contribution is 0.0763. The van der Waals surface area contributed by atoms with Gasteiger partial charge >= 0.3 is 0 Å². The molecule has 0 spiro atoms. The Balaban J connectivity index is 1.32. The minimum absolute atomic E-state index is 0.474. The molecule has 0 amide bonds. The van der Waals surface area contributed by atoms with Crippen molar-refractivity contribution in [3.8, 4) is 17.2 Å². The zero-order valence-corrected chi connectivity index (χ0v) is 20.6. The Morgan fingerprint density at radius 1 is 1.00 bits per heavy atom. The summed E-state index contributed by atoms with van der Waals surface area (Å²) in [6, 6.07) is 4.24. The molecule has 0 unspecified atom stereocenters. The Hall–Kier alpha value is -2.65. The fraction of sp³-hybridized carbons (Fsp3) is 0.593. The number of nitrogens with one attached hydrogen (secondary N) is 1. The van der Waals surface area contributed by atoms with Crippen LogP contribution in [0.3, 0.4) is 0 Å². The van der Waals surface area contributed by atoms with E-state index in [1.165, 1.54) is 57.8 Å². The van der Waals surface area contributed by atoms with Gasteiger partial charge in [-0.25, -0.2) is 4.98 Å². The summed E-state index contributed by atoms with van der Waals surface area (Å²) in [4.78, 5) is 4.50. The van der Waals surface area contributed by atoms with Gasteiger partial charge in [0.25, 0.3) is 0 Å². The molecule has 33 heavy (non-hydrogen) atoms. The molecule has 0 aliphatic rings. The van der Waals surface area contributed by atoms with Crippen LogP contribution in [0, 0.1) is 16.7 Å². The van der Waals surface area contributed by atoms with Crippen molar-refractivity contribution in [2.45, 2.75) is 91.7 Å². The van der Waals surface area contributed by atoms with Crippen molar-refractivity contribution >= 4 is 11.0 Å². The van der Waals surface area contributed by atoms with Crippen LogP contribution in [0.15, 0.2) is 30.9 Å². The first-order valence-corrected chi connectivity index (χ1v) is 12.4. The van der Waals surface area contributed by atoms with Gasteiger partial charge in [0.05, 0.1) is 11.8 Å². The number of pyridine rings is 1. The number of nitrogens with zero attached hydrogens (tertiary/aromatic N) is 4. The van der Waals surface area contributed by atoms with E-state index in [1.807, 2.05) is 16.8 Å². The van der Waals surface area contributed by atoms with Gasteiger partial charge in [-0.15, -0.1) is 0 Å². The van der Waals surface area contributed by atoms with Gasteiger partial charge in [-0.05, 0) is 24.3 Å². The number of rotatable bonds is 14. The molecule has 0 fully saturated rings. The molecule has 3 heterocycles. The number of hydrogen-bond donors (Lipinski definition) is 1. The molecule has 3 rings (SSSR count). The number of unbranched alkanes of at least 4 members (excludes halogenated alkanes) is 8. The second-order valence-corrected chi connectivity index (χ2v) is 10.2. The third-order valence-electron chi connectivity index (χ3n) is 6.14. The number of nitriles is 1. The molecule has 0 atom stereocenters. The Morgan fingerprint density at radius 2 is 1.70 bits per heavy atom. The van der Waals surface area contributed by atoms with Crippen LogP contribution in [-0.2, 0) is 11.5 Å². The van der Waals surface area contributed by atoms with Gasteiger partial charge in [0.1, 0.15) is 18.4 Å². The molecule has 3 aromatic rings. The summed E-state index contributed by atoms with van der Waals surface area (Å²) in [5.74, 6) is 0. The van der Waals surface area contributed by atoms with Gasteiger partial charge in [-0.1, -0.05) is 72.1 Å². The van der Waals surface area contributed by atoms with Crippen molar-refractivity contribution in [3.63, 3.8) is 0 Å². The quantitative estimate of drug-likeness (QED) is 0.263. The molecule has 0 aliphatic heterocycles. The Labute approximate surface area is 198 Å². The van der Waals surface area contributed by atoms with E-state index in [-0.39, 0.29) is 0 Å². The maximum atomic E-state index is 9.48. The fourth-order valence-electron chi connectivity index (χ4n) is 4.29. The number of aromatic nitrogens is 4. The molecule has 178 valence electrons. The third kappa shape index (κ3) is 7.71. The van der Waals surface area contributed by atoms with Crippen molar-refractivity contribution in [3.05, 3.63) is 36.4 Å².